The molecule has 1 aliphatic rings. The third-order valence-electron chi connectivity index (χ3n) is 8.10. The Morgan fingerprint density at radius 3 is 2.18 bits per heavy atom. The number of thiophene rings is 1. The van der Waals surface area contributed by atoms with E-state index in [2.05, 4.69) is 91.5 Å². The van der Waals surface area contributed by atoms with Crippen molar-refractivity contribution < 1.29 is 9.59 Å². The van der Waals surface area contributed by atoms with E-state index in [1.165, 1.54) is 11.3 Å². The summed E-state index contributed by atoms with van der Waals surface area (Å²) in [5, 5.41) is 5.13. The quantitative estimate of drug-likeness (QED) is 0.202. The Morgan fingerprint density at radius 2 is 1.51 bits per heavy atom. The van der Waals surface area contributed by atoms with E-state index in [9.17, 15) is 9.59 Å². The van der Waals surface area contributed by atoms with Crippen molar-refractivity contribution in [2.45, 2.75) is 46.8 Å². The zero-order chi connectivity index (χ0) is 32.0. The molecule has 0 radical (unpaired) electrons. The van der Waals surface area contributed by atoms with E-state index in [1.807, 2.05) is 40.6 Å². The van der Waals surface area contributed by atoms with Gasteiger partial charge in [0.15, 0.2) is 0 Å². The molecule has 1 fully saturated rings. The number of nitrogens with one attached hydrogen (secondary N) is 1. The third kappa shape index (κ3) is 8.81. The Bertz CT molecular complexity index is 1600. The molecular formula is C37H45N5O2S. The lowest BCUT2D eigenvalue weighted by Gasteiger charge is -2.35. The molecule has 0 saturated carbocycles. The molecule has 0 aliphatic carbocycles. The second-order valence-electron chi connectivity index (χ2n) is 13.2. The number of amides is 2. The van der Waals surface area contributed by atoms with Crippen LogP contribution in [0.5, 0.6) is 0 Å². The largest absolute Gasteiger partial charge is 0.367 e. The SMILES string of the molecule is CN1CCN(c2ccc(-c3cccc(CN(Cc4cccc(CN)c4)C(=O)CC(C)(C)C)c3)cc2NC(=O)c2cccs2)CC1. The lowest BCUT2D eigenvalue weighted by Crippen LogP contribution is -2.44. The Balaban J connectivity index is 1.43. The lowest BCUT2D eigenvalue weighted by atomic mass is 9.91. The topological polar surface area (TPSA) is 81.9 Å². The van der Waals surface area contributed by atoms with Crippen LogP contribution in [-0.4, -0.2) is 54.8 Å². The van der Waals surface area contributed by atoms with Gasteiger partial charge >= 0.3 is 0 Å². The van der Waals surface area contributed by atoms with E-state index in [1.54, 1.807) is 0 Å². The fraction of sp³-hybridized carbons (Fsp3) is 0.351. The summed E-state index contributed by atoms with van der Waals surface area (Å²) >= 11 is 1.44. The summed E-state index contributed by atoms with van der Waals surface area (Å²) in [6.07, 6.45) is 0.463. The molecule has 0 spiro atoms. The maximum atomic E-state index is 13.6. The zero-order valence-corrected chi connectivity index (χ0v) is 27.7. The minimum absolute atomic E-state index is 0.0991. The van der Waals surface area contributed by atoms with Gasteiger partial charge in [0.2, 0.25) is 5.91 Å². The maximum Gasteiger partial charge on any atom is 0.265 e. The number of anilines is 2. The number of likely N-dealkylation sites (N-methyl/N-ethyl adjacent to an activating group) is 1. The average Bonchev–Trinajstić information content (AvgIpc) is 3.56. The van der Waals surface area contributed by atoms with Gasteiger partial charge in [0, 0.05) is 52.2 Å². The third-order valence-corrected chi connectivity index (χ3v) is 8.97. The molecular weight excluding hydrogens is 579 g/mol. The van der Waals surface area contributed by atoms with Crippen molar-refractivity contribution in [1.82, 2.24) is 9.80 Å². The lowest BCUT2D eigenvalue weighted by molar-refractivity contribution is -0.134. The van der Waals surface area contributed by atoms with E-state index in [-0.39, 0.29) is 17.2 Å². The molecule has 0 unspecified atom stereocenters. The molecule has 0 bridgehead atoms. The predicted octanol–water partition coefficient (Wildman–Crippen LogP) is 6.84. The van der Waals surface area contributed by atoms with Gasteiger partial charge in [-0.15, -0.1) is 11.3 Å². The first-order chi connectivity index (χ1) is 21.6. The van der Waals surface area contributed by atoms with Crippen molar-refractivity contribution in [2.24, 2.45) is 11.1 Å². The van der Waals surface area contributed by atoms with Crippen molar-refractivity contribution in [3.05, 3.63) is 106 Å². The van der Waals surface area contributed by atoms with Crippen LogP contribution in [0.25, 0.3) is 11.1 Å². The Labute approximate surface area is 271 Å². The van der Waals surface area contributed by atoms with Gasteiger partial charge in [0.05, 0.1) is 16.3 Å². The van der Waals surface area contributed by atoms with Crippen LogP contribution in [0.2, 0.25) is 0 Å². The predicted molar refractivity (Wildman–Crippen MR) is 187 cm³/mol. The number of carbonyl (C=O) groups is 2. The highest BCUT2D eigenvalue weighted by atomic mass is 32.1. The molecule has 8 heteroatoms. The Kier molecular flexibility index (Phi) is 10.4. The summed E-state index contributed by atoms with van der Waals surface area (Å²) in [5.41, 5.74) is 12.9. The number of nitrogens with two attached hydrogens (primary N) is 1. The van der Waals surface area contributed by atoms with Crippen LogP contribution in [0.15, 0.2) is 84.2 Å². The number of benzene rings is 3. The van der Waals surface area contributed by atoms with Gasteiger partial charge in [-0.1, -0.05) is 75.4 Å². The second kappa shape index (κ2) is 14.4. The number of hydrogen-bond donors (Lipinski definition) is 2. The molecule has 7 nitrogen and oxygen atoms in total. The normalized spacial score (nSPS) is 13.9. The number of carbonyl (C=O) groups excluding carboxylic acids is 2. The molecule has 1 saturated heterocycles. The van der Waals surface area contributed by atoms with E-state index in [0.29, 0.717) is 30.9 Å². The molecule has 5 rings (SSSR count). The molecule has 1 aliphatic heterocycles. The van der Waals surface area contributed by atoms with Gasteiger partial charge in [-0.3, -0.25) is 9.59 Å². The van der Waals surface area contributed by atoms with Gasteiger partial charge in [-0.05, 0) is 69.9 Å². The first-order valence-electron chi connectivity index (χ1n) is 15.7. The van der Waals surface area contributed by atoms with Crippen LogP contribution in [0.4, 0.5) is 11.4 Å². The van der Waals surface area contributed by atoms with Crippen molar-refractivity contribution in [3.8, 4) is 11.1 Å². The number of rotatable bonds is 10. The first kappa shape index (κ1) is 32.4. The smallest absolute Gasteiger partial charge is 0.265 e. The molecule has 236 valence electrons. The van der Waals surface area contributed by atoms with Crippen LogP contribution in [-0.2, 0) is 24.4 Å². The number of nitrogens with zero attached hydrogens (tertiary/aromatic N) is 3. The van der Waals surface area contributed by atoms with E-state index >= 15 is 0 Å². The zero-order valence-electron chi connectivity index (χ0n) is 26.9. The van der Waals surface area contributed by atoms with Gasteiger partial charge in [-0.25, -0.2) is 0 Å². The monoisotopic (exact) mass is 623 g/mol. The van der Waals surface area contributed by atoms with Gasteiger partial charge in [-0.2, -0.15) is 0 Å². The first-order valence-corrected chi connectivity index (χ1v) is 16.5. The number of hydrogen-bond acceptors (Lipinski definition) is 6. The molecule has 2 amide bonds. The van der Waals surface area contributed by atoms with E-state index in [4.69, 9.17) is 5.73 Å². The Morgan fingerprint density at radius 1 is 0.844 bits per heavy atom. The van der Waals surface area contributed by atoms with Crippen molar-refractivity contribution in [3.63, 3.8) is 0 Å². The molecule has 1 aromatic heterocycles. The van der Waals surface area contributed by atoms with Gasteiger partial charge < -0.3 is 25.8 Å². The molecule has 2 heterocycles. The maximum absolute atomic E-state index is 13.6. The molecule has 4 aromatic rings. The Hall–Kier alpha value is -3.98. The molecule has 3 aromatic carbocycles. The summed E-state index contributed by atoms with van der Waals surface area (Å²) in [5.74, 6) is 0.0270. The average molecular weight is 624 g/mol. The highest BCUT2D eigenvalue weighted by Crippen LogP contribution is 2.34. The summed E-state index contributed by atoms with van der Waals surface area (Å²) < 4.78 is 0. The van der Waals surface area contributed by atoms with E-state index < -0.39 is 0 Å². The summed E-state index contributed by atoms with van der Waals surface area (Å²) in [4.78, 5) is 34.1. The molecule has 0 atom stereocenters. The fourth-order valence-corrected chi connectivity index (χ4v) is 6.29. The van der Waals surface area contributed by atoms with Crippen LogP contribution in [0.1, 0.15) is 53.6 Å². The fourth-order valence-electron chi connectivity index (χ4n) is 5.67. The summed E-state index contributed by atoms with van der Waals surface area (Å²) in [6, 6.07) is 26.6. The minimum Gasteiger partial charge on any atom is -0.367 e. The minimum atomic E-state index is -0.119. The van der Waals surface area contributed by atoms with Crippen molar-refractivity contribution in [1.29, 1.82) is 0 Å². The summed E-state index contributed by atoms with van der Waals surface area (Å²) in [7, 11) is 2.14. The van der Waals surface area contributed by atoms with Gasteiger partial charge in [0.1, 0.15) is 0 Å². The highest BCUT2D eigenvalue weighted by Gasteiger charge is 2.23. The standard InChI is InChI=1S/C37H45N5O2S/c1-37(2,3)23-35(43)42(25-28-9-5-8-27(20-28)24-38)26-29-10-6-11-30(21-29)31-13-14-33(41-17-15-40(4)16-18-41)32(22-31)39-36(44)34-12-7-19-45-34/h5-14,19-22H,15-18,23-26,38H2,1-4H3,(H,39,44). The highest BCUT2D eigenvalue weighted by molar-refractivity contribution is 7.12. The molecule has 45 heavy (non-hydrogen) atoms. The van der Waals surface area contributed by atoms with Crippen molar-refractivity contribution >= 4 is 34.5 Å². The van der Waals surface area contributed by atoms with Crippen molar-refractivity contribution in [2.75, 3.05) is 43.4 Å². The van der Waals surface area contributed by atoms with Crippen LogP contribution < -0.4 is 16.0 Å². The molecule has 3 N–H and O–H groups in total. The second-order valence-corrected chi connectivity index (χ2v) is 14.1. The van der Waals surface area contributed by atoms with E-state index in [0.717, 1.165) is 65.4 Å². The number of piperazine rings is 1. The summed E-state index contributed by atoms with van der Waals surface area (Å²) in [6.45, 7) is 11.5. The van der Waals surface area contributed by atoms with Crippen LogP contribution in [0, 0.1) is 5.41 Å². The van der Waals surface area contributed by atoms with Crippen LogP contribution in [0.3, 0.4) is 0 Å². The van der Waals surface area contributed by atoms with Gasteiger partial charge in [0.25, 0.3) is 5.91 Å². The van der Waals surface area contributed by atoms with Crippen LogP contribution >= 0.6 is 11.3 Å².